The van der Waals surface area contributed by atoms with E-state index in [1.54, 1.807) is 19.9 Å². The molecule has 0 spiro atoms. The molecule has 0 N–H and O–H groups in total. The van der Waals surface area contributed by atoms with Gasteiger partial charge in [0, 0.05) is 12.6 Å². The summed E-state index contributed by atoms with van der Waals surface area (Å²) in [6, 6.07) is 1.81. The molecular weight excluding hydrogens is 180 g/mol. The van der Waals surface area contributed by atoms with Gasteiger partial charge in [0.2, 0.25) is 0 Å². The van der Waals surface area contributed by atoms with E-state index in [-0.39, 0.29) is 11.5 Å². The highest BCUT2D eigenvalue weighted by atomic mass is 16.2. The van der Waals surface area contributed by atoms with Gasteiger partial charge >= 0.3 is 0 Å². The van der Waals surface area contributed by atoms with Gasteiger partial charge in [-0.25, -0.2) is 0 Å². The SMILES string of the molecule is C/C=C1/C(=O)N(C)C(=O)C(C#N)=C1C. The van der Waals surface area contributed by atoms with E-state index in [9.17, 15) is 9.59 Å². The summed E-state index contributed by atoms with van der Waals surface area (Å²) in [7, 11) is 1.37. The molecule has 1 rings (SSSR count). The Kier molecular flexibility index (Phi) is 2.52. The Hall–Kier alpha value is -1.89. The second-order valence-electron chi connectivity index (χ2n) is 2.98. The number of carbonyl (C=O) groups is 2. The first-order chi connectivity index (χ1) is 6.54. The number of rotatable bonds is 0. The topological polar surface area (TPSA) is 61.2 Å². The molecule has 72 valence electrons. The van der Waals surface area contributed by atoms with Crippen molar-refractivity contribution in [1.82, 2.24) is 4.90 Å². The number of imide groups is 1. The summed E-state index contributed by atoms with van der Waals surface area (Å²) in [6.45, 7) is 3.31. The monoisotopic (exact) mass is 190 g/mol. The third-order valence-electron chi connectivity index (χ3n) is 2.23. The molecule has 1 aliphatic rings. The predicted octanol–water partition coefficient (Wildman–Crippen LogP) is 0.771. The Morgan fingerprint density at radius 1 is 1.36 bits per heavy atom. The second-order valence-corrected chi connectivity index (χ2v) is 2.98. The highest BCUT2D eigenvalue weighted by Crippen LogP contribution is 2.23. The van der Waals surface area contributed by atoms with Crippen molar-refractivity contribution < 1.29 is 9.59 Å². The Morgan fingerprint density at radius 3 is 2.36 bits per heavy atom. The number of amides is 2. The van der Waals surface area contributed by atoms with Gasteiger partial charge in [0.1, 0.15) is 11.6 Å². The van der Waals surface area contributed by atoms with Crippen molar-refractivity contribution in [3.63, 3.8) is 0 Å². The van der Waals surface area contributed by atoms with Gasteiger partial charge in [-0.1, -0.05) is 6.08 Å². The lowest BCUT2D eigenvalue weighted by Gasteiger charge is -2.23. The van der Waals surface area contributed by atoms with Crippen LogP contribution < -0.4 is 0 Å². The summed E-state index contributed by atoms with van der Waals surface area (Å²) in [5, 5.41) is 8.76. The molecule has 0 aromatic rings. The highest BCUT2D eigenvalue weighted by Gasteiger charge is 2.32. The van der Waals surface area contributed by atoms with Crippen LogP contribution in [0.25, 0.3) is 0 Å². The summed E-state index contributed by atoms with van der Waals surface area (Å²) in [5.74, 6) is -0.880. The molecule has 0 aromatic carbocycles. The number of nitrogens with zero attached hydrogens (tertiary/aromatic N) is 2. The van der Waals surface area contributed by atoms with Crippen LogP contribution in [-0.2, 0) is 9.59 Å². The van der Waals surface area contributed by atoms with Crippen LogP contribution in [0.15, 0.2) is 22.8 Å². The molecule has 0 atom stereocenters. The zero-order valence-electron chi connectivity index (χ0n) is 8.29. The fraction of sp³-hybridized carbons (Fsp3) is 0.300. The van der Waals surface area contributed by atoms with E-state index in [1.165, 1.54) is 7.05 Å². The van der Waals surface area contributed by atoms with E-state index >= 15 is 0 Å². The summed E-state index contributed by atoms with van der Waals surface area (Å²) in [5.41, 5.74) is 0.923. The average molecular weight is 190 g/mol. The molecule has 0 aliphatic carbocycles. The van der Waals surface area contributed by atoms with Crippen molar-refractivity contribution in [3.8, 4) is 6.07 Å². The average Bonchev–Trinajstić information content (AvgIpc) is 2.16. The standard InChI is InChI=1S/C10H10N2O2/c1-4-7-6(2)8(5-11)10(14)12(3)9(7)13/h4H,1-3H3/b7-4+. The van der Waals surface area contributed by atoms with Crippen molar-refractivity contribution >= 4 is 11.8 Å². The quantitative estimate of drug-likeness (QED) is 0.418. The van der Waals surface area contributed by atoms with E-state index < -0.39 is 5.91 Å². The molecule has 1 aliphatic heterocycles. The summed E-state index contributed by atoms with van der Waals surface area (Å²) in [4.78, 5) is 23.9. The lowest BCUT2D eigenvalue weighted by molar-refractivity contribution is -0.138. The maximum atomic E-state index is 11.5. The Labute approximate surface area is 82.1 Å². The van der Waals surface area contributed by atoms with Crippen LogP contribution in [0.4, 0.5) is 0 Å². The number of nitriles is 1. The van der Waals surface area contributed by atoms with Crippen LogP contribution in [0, 0.1) is 11.3 Å². The first-order valence-electron chi connectivity index (χ1n) is 4.14. The molecule has 14 heavy (non-hydrogen) atoms. The number of likely N-dealkylation sites (N-methyl/N-ethyl adjacent to an activating group) is 1. The van der Waals surface area contributed by atoms with Crippen molar-refractivity contribution in [2.24, 2.45) is 0 Å². The van der Waals surface area contributed by atoms with Gasteiger partial charge in [-0.3, -0.25) is 14.5 Å². The van der Waals surface area contributed by atoms with Gasteiger partial charge in [-0.2, -0.15) is 5.26 Å². The molecule has 0 aromatic heterocycles. The molecule has 0 saturated carbocycles. The van der Waals surface area contributed by atoms with E-state index in [4.69, 9.17) is 5.26 Å². The minimum atomic E-state index is -0.527. The van der Waals surface area contributed by atoms with Crippen molar-refractivity contribution in [3.05, 3.63) is 22.8 Å². The van der Waals surface area contributed by atoms with Crippen LogP contribution in [0.5, 0.6) is 0 Å². The van der Waals surface area contributed by atoms with Crippen LogP contribution in [-0.4, -0.2) is 23.8 Å². The third kappa shape index (κ3) is 1.23. The Morgan fingerprint density at radius 2 is 1.93 bits per heavy atom. The first-order valence-corrected chi connectivity index (χ1v) is 4.14. The highest BCUT2D eigenvalue weighted by molar-refractivity contribution is 6.17. The van der Waals surface area contributed by atoms with E-state index in [0.717, 1.165) is 4.90 Å². The van der Waals surface area contributed by atoms with Gasteiger partial charge in [0.15, 0.2) is 0 Å². The molecule has 1 heterocycles. The fourth-order valence-corrected chi connectivity index (χ4v) is 1.37. The molecule has 2 amide bonds. The van der Waals surface area contributed by atoms with E-state index in [0.29, 0.717) is 11.1 Å². The molecule has 0 saturated heterocycles. The zero-order valence-corrected chi connectivity index (χ0v) is 8.29. The number of hydrogen-bond acceptors (Lipinski definition) is 3. The molecule has 4 heteroatoms. The van der Waals surface area contributed by atoms with E-state index in [1.807, 2.05) is 6.07 Å². The molecule has 0 radical (unpaired) electrons. The van der Waals surface area contributed by atoms with Crippen LogP contribution in [0.1, 0.15) is 13.8 Å². The maximum absolute atomic E-state index is 11.5. The van der Waals surface area contributed by atoms with Crippen molar-refractivity contribution in [2.45, 2.75) is 13.8 Å². The van der Waals surface area contributed by atoms with Gasteiger partial charge < -0.3 is 0 Å². The molecule has 4 nitrogen and oxygen atoms in total. The van der Waals surface area contributed by atoms with Gasteiger partial charge in [0.05, 0.1) is 0 Å². The molecule has 0 bridgehead atoms. The second kappa shape index (κ2) is 3.46. The largest absolute Gasteiger partial charge is 0.277 e. The van der Waals surface area contributed by atoms with Crippen molar-refractivity contribution in [1.29, 1.82) is 5.26 Å². The van der Waals surface area contributed by atoms with Crippen molar-refractivity contribution in [2.75, 3.05) is 7.05 Å². The fourth-order valence-electron chi connectivity index (χ4n) is 1.37. The maximum Gasteiger partial charge on any atom is 0.271 e. The van der Waals surface area contributed by atoms with Gasteiger partial charge in [-0.05, 0) is 19.4 Å². The molecule has 0 unspecified atom stereocenters. The lowest BCUT2D eigenvalue weighted by Crippen LogP contribution is -2.39. The Bertz CT molecular complexity index is 410. The lowest BCUT2D eigenvalue weighted by atomic mass is 9.96. The molecule has 0 fully saturated rings. The third-order valence-corrected chi connectivity index (χ3v) is 2.23. The van der Waals surface area contributed by atoms with Crippen LogP contribution in [0.3, 0.4) is 0 Å². The summed E-state index contributed by atoms with van der Waals surface area (Å²) >= 11 is 0. The zero-order chi connectivity index (χ0) is 10.9. The van der Waals surface area contributed by atoms with Gasteiger partial charge in [-0.15, -0.1) is 0 Å². The van der Waals surface area contributed by atoms with E-state index in [2.05, 4.69) is 0 Å². The smallest absolute Gasteiger partial charge is 0.271 e. The Balaban J connectivity index is 3.44. The molecular formula is C10H10N2O2. The van der Waals surface area contributed by atoms with Crippen LogP contribution >= 0.6 is 0 Å². The summed E-state index contributed by atoms with van der Waals surface area (Å²) < 4.78 is 0. The van der Waals surface area contributed by atoms with Crippen LogP contribution in [0.2, 0.25) is 0 Å². The number of allylic oxidation sites excluding steroid dienone is 1. The predicted molar refractivity (Wildman–Crippen MR) is 49.8 cm³/mol. The normalized spacial score (nSPS) is 20.4. The van der Waals surface area contributed by atoms with Gasteiger partial charge in [0.25, 0.3) is 11.8 Å². The summed E-state index contributed by atoms with van der Waals surface area (Å²) in [6.07, 6.45) is 1.61. The first kappa shape index (κ1) is 10.2. The number of carbonyl (C=O) groups excluding carboxylic acids is 2. The minimum Gasteiger partial charge on any atom is -0.277 e. The minimum absolute atomic E-state index is 0.0419. The number of hydrogen-bond donors (Lipinski definition) is 0.